The van der Waals surface area contributed by atoms with Crippen molar-refractivity contribution >= 4 is 5.97 Å². The van der Waals surface area contributed by atoms with Gasteiger partial charge in [-0.05, 0) is 44.2 Å². The Kier molecular flexibility index (Phi) is 8.03. The van der Waals surface area contributed by atoms with Crippen LogP contribution >= 0.6 is 0 Å². The van der Waals surface area contributed by atoms with Crippen molar-refractivity contribution in [1.82, 2.24) is 0 Å². The van der Waals surface area contributed by atoms with Crippen molar-refractivity contribution in [2.75, 3.05) is 21.3 Å². The second-order valence-electron chi connectivity index (χ2n) is 6.58. The summed E-state index contributed by atoms with van der Waals surface area (Å²) >= 11 is 0. The summed E-state index contributed by atoms with van der Waals surface area (Å²) in [5.74, 6) is 1.42. The van der Waals surface area contributed by atoms with Crippen molar-refractivity contribution in [3.05, 3.63) is 17.7 Å². The maximum absolute atomic E-state index is 11.2. The summed E-state index contributed by atoms with van der Waals surface area (Å²) < 4.78 is 16.3. The lowest BCUT2D eigenvalue weighted by molar-refractivity contribution is -0.143. The number of rotatable bonds is 11. The van der Waals surface area contributed by atoms with Gasteiger partial charge < -0.3 is 25.1 Å². The standard InChI is InChI=1S/C19H31NO5/c1-6-13(12-19(2,20)18(21)22)8-7-9-14-15(23-3)10-11-16(24-4)17(14)25-5/h10-11,13H,6-9,12,20H2,1-5H3,(H,21,22). The van der Waals surface area contributed by atoms with Crippen LogP contribution in [0.2, 0.25) is 0 Å². The van der Waals surface area contributed by atoms with Gasteiger partial charge in [0, 0.05) is 5.56 Å². The van der Waals surface area contributed by atoms with Crippen molar-refractivity contribution in [1.29, 1.82) is 0 Å². The zero-order valence-electron chi connectivity index (χ0n) is 15.9. The van der Waals surface area contributed by atoms with E-state index in [1.807, 2.05) is 12.1 Å². The highest BCUT2D eigenvalue weighted by molar-refractivity contribution is 5.77. The molecule has 0 heterocycles. The SMILES string of the molecule is CCC(CCCc1c(OC)ccc(OC)c1OC)CC(C)(N)C(=O)O. The van der Waals surface area contributed by atoms with Crippen LogP contribution in [-0.2, 0) is 11.2 Å². The molecule has 0 fully saturated rings. The Morgan fingerprint density at radius 2 is 1.80 bits per heavy atom. The third-order valence-electron chi connectivity index (χ3n) is 4.64. The second-order valence-corrected chi connectivity index (χ2v) is 6.58. The number of carboxylic acids is 1. The molecule has 2 atom stereocenters. The summed E-state index contributed by atoms with van der Waals surface area (Å²) in [5, 5.41) is 9.21. The predicted molar refractivity (Wildman–Crippen MR) is 97.7 cm³/mol. The normalized spacial score (nSPS) is 14.5. The number of benzene rings is 1. The molecule has 0 aliphatic rings. The van der Waals surface area contributed by atoms with Gasteiger partial charge in [0.2, 0.25) is 0 Å². The molecule has 0 aromatic heterocycles. The van der Waals surface area contributed by atoms with Crippen LogP contribution in [0.1, 0.15) is 45.1 Å². The lowest BCUT2D eigenvalue weighted by atomic mass is 9.85. The van der Waals surface area contributed by atoms with E-state index in [1.165, 1.54) is 0 Å². The van der Waals surface area contributed by atoms with Crippen molar-refractivity contribution in [3.8, 4) is 17.2 Å². The molecule has 2 unspecified atom stereocenters. The van der Waals surface area contributed by atoms with Gasteiger partial charge in [0.25, 0.3) is 0 Å². The molecule has 0 aliphatic carbocycles. The number of methoxy groups -OCH3 is 3. The Morgan fingerprint density at radius 3 is 2.28 bits per heavy atom. The van der Waals surface area contributed by atoms with Gasteiger partial charge >= 0.3 is 5.97 Å². The predicted octanol–water partition coefficient (Wildman–Crippen LogP) is 3.25. The smallest absolute Gasteiger partial charge is 0.323 e. The Labute approximate surface area is 150 Å². The quantitative estimate of drug-likeness (QED) is 0.634. The molecule has 6 nitrogen and oxygen atoms in total. The highest BCUT2D eigenvalue weighted by Crippen LogP contribution is 2.38. The summed E-state index contributed by atoms with van der Waals surface area (Å²) in [6.07, 6.45) is 3.89. The molecule has 142 valence electrons. The molecule has 0 aliphatic heterocycles. The first-order valence-electron chi connectivity index (χ1n) is 8.60. The summed E-state index contributed by atoms with van der Waals surface area (Å²) in [5.41, 5.74) is 5.67. The number of hydrogen-bond acceptors (Lipinski definition) is 5. The number of carboxylic acid groups (broad SMARTS) is 1. The lowest BCUT2D eigenvalue weighted by Gasteiger charge is -2.25. The van der Waals surface area contributed by atoms with Crippen molar-refractivity contribution in [2.45, 2.75) is 51.5 Å². The van der Waals surface area contributed by atoms with E-state index in [9.17, 15) is 9.90 Å². The molecule has 0 spiro atoms. The van der Waals surface area contributed by atoms with Crippen LogP contribution < -0.4 is 19.9 Å². The first-order chi connectivity index (χ1) is 11.8. The first-order valence-corrected chi connectivity index (χ1v) is 8.60. The maximum Gasteiger partial charge on any atom is 0.323 e. The van der Waals surface area contributed by atoms with Crippen LogP contribution in [0.5, 0.6) is 17.2 Å². The molecule has 3 N–H and O–H groups in total. The highest BCUT2D eigenvalue weighted by Gasteiger charge is 2.30. The zero-order valence-corrected chi connectivity index (χ0v) is 15.9. The number of nitrogens with two attached hydrogens (primary N) is 1. The topological polar surface area (TPSA) is 91.0 Å². The van der Waals surface area contributed by atoms with E-state index in [4.69, 9.17) is 19.9 Å². The van der Waals surface area contributed by atoms with Crippen molar-refractivity contribution < 1.29 is 24.1 Å². The van der Waals surface area contributed by atoms with Gasteiger partial charge in [-0.25, -0.2) is 0 Å². The largest absolute Gasteiger partial charge is 0.496 e. The lowest BCUT2D eigenvalue weighted by Crippen LogP contribution is -2.46. The minimum atomic E-state index is -1.19. The van der Waals surface area contributed by atoms with Crippen molar-refractivity contribution in [3.63, 3.8) is 0 Å². The highest BCUT2D eigenvalue weighted by atomic mass is 16.5. The van der Waals surface area contributed by atoms with Gasteiger partial charge in [-0.3, -0.25) is 4.79 Å². The number of hydrogen-bond donors (Lipinski definition) is 2. The molecule has 0 radical (unpaired) electrons. The van der Waals surface area contributed by atoms with Crippen LogP contribution in [0.4, 0.5) is 0 Å². The Hall–Kier alpha value is -1.95. The van der Waals surface area contributed by atoms with Gasteiger partial charge in [0.1, 0.15) is 11.3 Å². The molecule has 0 amide bonds. The molecule has 25 heavy (non-hydrogen) atoms. The fourth-order valence-electron chi connectivity index (χ4n) is 3.11. The third-order valence-corrected chi connectivity index (χ3v) is 4.64. The van der Waals surface area contributed by atoms with Crippen LogP contribution in [0.25, 0.3) is 0 Å². The number of aliphatic carboxylic acids is 1. The van der Waals surface area contributed by atoms with Crippen LogP contribution in [0.3, 0.4) is 0 Å². The number of ether oxygens (including phenoxy) is 3. The van der Waals surface area contributed by atoms with Crippen LogP contribution in [-0.4, -0.2) is 37.9 Å². The average Bonchev–Trinajstić information content (AvgIpc) is 2.59. The second kappa shape index (κ2) is 9.51. The summed E-state index contributed by atoms with van der Waals surface area (Å²) in [6, 6.07) is 3.69. The first kappa shape index (κ1) is 21.1. The van der Waals surface area contributed by atoms with E-state index in [-0.39, 0.29) is 5.92 Å². The minimum Gasteiger partial charge on any atom is -0.496 e. The fraction of sp³-hybridized carbons (Fsp3) is 0.632. The molecule has 0 saturated heterocycles. The van der Waals surface area contributed by atoms with Crippen molar-refractivity contribution in [2.24, 2.45) is 11.7 Å². The van der Waals surface area contributed by atoms with Gasteiger partial charge in [-0.1, -0.05) is 19.8 Å². The third kappa shape index (κ3) is 5.53. The van der Waals surface area contributed by atoms with Gasteiger partial charge in [-0.15, -0.1) is 0 Å². The Morgan fingerprint density at radius 1 is 1.20 bits per heavy atom. The molecule has 0 bridgehead atoms. The van der Waals surface area contributed by atoms with E-state index in [1.54, 1.807) is 28.3 Å². The molecule has 0 saturated carbocycles. The van der Waals surface area contributed by atoms with Gasteiger partial charge in [0.15, 0.2) is 11.5 Å². The Bertz CT molecular complexity index is 571. The van der Waals surface area contributed by atoms with E-state index in [2.05, 4.69) is 6.92 Å². The molecular formula is C19H31NO5. The Balaban J connectivity index is 2.81. The minimum absolute atomic E-state index is 0.258. The molecule has 1 rings (SSSR count). The summed E-state index contributed by atoms with van der Waals surface area (Å²) in [7, 11) is 4.85. The average molecular weight is 353 g/mol. The summed E-state index contributed by atoms with van der Waals surface area (Å²) in [4.78, 5) is 11.2. The number of carbonyl (C=O) groups is 1. The van der Waals surface area contributed by atoms with E-state index >= 15 is 0 Å². The van der Waals surface area contributed by atoms with E-state index in [0.717, 1.165) is 37.0 Å². The van der Waals surface area contributed by atoms with Crippen LogP contribution in [0.15, 0.2) is 12.1 Å². The van der Waals surface area contributed by atoms with Gasteiger partial charge in [0.05, 0.1) is 21.3 Å². The molecule has 6 heteroatoms. The molecule has 1 aromatic carbocycles. The fourth-order valence-corrected chi connectivity index (χ4v) is 3.11. The zero-order chi connectivity index (χ0) is 19.0. The molecular weight excluding hydrogens is 322 g/mol. The monoisotopic (exact) mass is 353 g/mol. The van der Waals surface area contributed by atoms with E-state index in [0.29, 0.717) is 17.9 Å². The van der Waals surface area contributed by atoms with Gasteiger partial charge in [-0.2, -0.15) is 0 Å². The van der Waals surface area contributed by atoms with Crippen LogP contribution in [0, 0.1) is 5.92 Å². The molecule has 1 aromatic rings. The van der Waals surface area contributed by atoms with E-state index < -0.39 is 11.5 Å². The maximum atomic E-state index is 11.2. The summed E-state index contributed by atoms with van der Waals surface area (Å²) in [6.45, 7) is 3.64.